The van der Waals surface area contributed by atoms with Gasteiger partial charge in [-0.2, -0.15) is 0 Å². The molecule has 0 bridgehead atoms. The molecule has 9 atom stereocenters. The van der Waals surface area contributed by atoms with E-state index in [1.165, 1.54) is 51.4 Å². The summed E-state index contributed by atoms with van der Waals surface area (Å²) in [5, 5.41) is 0. The Morgan fingerprint density at radius 3 is 2.81 bits per heavy atom. The van der Waals surface area contributed by atoms with Gasteiger partial charge in [0.15, 0.2) is 5.78 Å². The van der Waals surface area contributed by atoms with Crippen molar-refractivity contribution in [3.8, 4) is 0 Å². The van der Waals surface area contributed by atoms with E-state index in [1.54, 1.807) is 5.57 Å². The van der Waals surface area contributed by atoms with Crippen LogP contribution in [0.5, 0.6) is 0 Å². The van der Waals surface area contributed by atoms with Gasteiger partial charge in [0.05, 0.1) is 5.60 Å². The summed E-state index contributed by atoms with van der Waals surface area (Å²) >= 11 is 0. The Balaban J connectivity index is 1.43. The van der Waals surface area contributed by atoms with Crippen molar-refractivity contribution in [3.05, 3.63) is 11.6 Å². The standard InChI is InChI=1S/C25H36O2/c1-3-15-12-16-13-17(26)6-7-18(16)19-8-10-24(4-2)23(22(15)19)20-14-21(20)25(24)9-5-11-27-25/h13,15,18-23H,3-12,14H2,1-2H3/t15-,18-,19?,20+,21-,22?,23?,24-,25-/m0/s1. The smallest absolute Gasteiger partial charge is 0.155 e. The van der Waals surface area contributed by atoms with Crippen molar-refractivity contribution >= 4 is 5.78 Å². The number of ketones is 1. The van der Waals surface area contributed by atoms with Crippen LogP contribution in [-0.4, -0.2) is 18.0 Å². The van der Waals surface area contributed by atoms with Gasteiger partial charge in [0.1, 0.15) is 0 Å². The monoisotopic (exact) mass is 368 g/mol. The Bertz CT molecular complexity index is 686. The summed E-state index contributed by atoms with van der Waals surface area (Å²) in [6.45, 7) is 5.91. The molecule has 0 amide bonds. The zero-order chi connectivity index (χ0) is 18.4. The van der Waals surface area contributed by atoms with Gasteiger partial charge in [-0.15, -0.1) is 0 Å². The number of rotatable bonds is 2. The van der Waals surface area contributed by atoms with Crippen molar-refractivity contribution in [3.63, 3.8) is 0 Å². The molecule has 2 heteroatoms. The third-order valence-electron chi connectivity index (χ3n) is 10.5. The van der Waals surface area contributed by atoms with E-state index in [4.69, 9.17) is 4.74 Å². The molecule has 2 nitrogen and oxygen atoms in total. The normalized spacial score (nSPS) is 55.6. The Morgan fingerprint density at radius 1 is 1.19 bits per heavy atom. The molecule has 0 radical (unpaired) electrons. The molecule has 0 aromatic heterocycles. The number of hydrogen-bond acceptors (Lipinski definition) is 2. The third-order valence-corrected chi connectivity index (χ3v) is 10.5. The minimum Gasteiger partial charge on any atom is -0.374 e. The first kappa shape index (κ1) is 17.2. The van der Waals surface area contributed by atoms with Gasteiger partial charge < -0.3 is 4.74 Å². The largest absolute Gasteiger partial charge is 0.374 e. The highest BCUT2D eigenvalue weighted by Crippen LogP contribution is 2.79. The van der Waals surface area contributed by atoms with Crippen LogP contribution in [0.2, 0.25) is 0 Å². The Kier molecular flexibility index (Phi) is 3.65. The van der Waals surface area contributed by atoms with Crippen molar-refractivity contribution in [2.24, 2.45) is 46.8 Å². The number of carbonyl (C=O) groups excluding carboxylic acids is 1. The summed E-state index contributed by atoms with van der Waals surface area (Å²) in [7, 11) is 0. The van der Waals surface area contributed by atoms with Crippen molar-refractivity contribution in [1.29, 1.82) is 0 Å². The van der Waals surface area contributed by atoms with Crippen LogP contribution in [0.3, 0.4) is 0 Å². The van der Waals surface area contributed by atoms with E-state index < -0.39 is 0 Å². The SMILES string of the molecule is CC[C@H]1CC2=CC(=O)CC[C@@H]2C2CC[C@@]3(CC)C(C21)[C@@H]1C[C@@H]1[C@@]31CCCO1. The molecule has 5 aliphatic carbocycles. The number of allylic oxidation sites excluding steroid dienone is 1. The lowest BCUT2D eigenvalue weighted by atomic mass is 9.45. The number of carbonyl (C=O) groups is 1. The fourth-order valence-corrected chi connectivity index (χ4v) is 9.72. The average molecular weight is 369 g/mol. The van der Waals surface area contributed by atoms with Gasteiger partial charge in [-0.25, -0.2) is 0 Å². The Hall–Kier alpha value is -0.630. The van der Waals surface area contributed by atoms with Crippen LogP contribution in [0.1, 0.15) is 78.1 Å². The number of ether oxygens (including phenoxy) is 1. The van der Waals surface area contributed by atoms with E-state index in [9.17, 15) is 4.79 Å². The molecule has 3 unspecified atom stereocenters. The highest BCUT2D eigenvalue weighted by Gasteiger charge is 2.78. The van der Waals surface area contributed by atoms with Crippen LogP contribution in [0.4, 0.5) is 0 Å². The molecule has 148 valence electrons. The molecule has 6 aliphatic rings. The van der Waals surface area contributed by atoms with Crippen LogP contribution < -0.4 is 0 Å². The van der Waals surface area contributed by atoms with Gasteiger partial charge in [0, 0.05) is 18.4 Å². The van der Waals surface area contributed by atoms with Gasteiger partial charge >= 0.3 is 0 Å². The molecule has 0 aromatic rings. The Morgan fingerprint density at radius 2 is 2.07 bits per heavy atom. The lowest BCUT2D eigenvalue weighted by Gasteiger charge is -2.60. The lowest BCUT2D eigenvalue weighted by Crippen LogP contribution is -2.57. The number of fused-ring (bicyclic) bond motifs is 9. The molecule has 1 aliphatic heterocycles. The molecule has 1 heterocycles. The zero-order valence-electron chi connectivity index (χ0n) is 17.2. The van der Waals surface area contributed by atoms with E-state index >= 15 is 0 Å². The van der Waals surface area contributed by atoms with Crippen molar-refractivity contribution < 1.29 is 9.53 Å². The molecule has 1 spiro atoms. The summed E-state index contributed by atoms with van der Waals surface area (Å²) in [4.78, 5) is 12.1. The quantitative estimate of drug-likeness (QED) is 0.638. The minimum absolute atomic E-state index is 0.249. The van der Waals surface area contributed by atoms with Gasteiger partial charge in [-0.3, -0.25) is 4.79 Å². The summed E-state index contributed by atoms with van der Waals surface area (Å²) in [5.41, 5.74) is 2.26. The second-order valence-corrected chi connectivity index (χ2v) is 10.9. The number of hydrogen-bond donors (Lipinski definition) is 0. The highest BCUT2D eigenvalue weighted by molar-refractivity contribution is 5.91. The predicted octanol–water partition coefficient (Wildman–Crippen LogP) is 5.56. The fourth-order valence-electron chi connectivity index (χ4n) is 9.72. The average Bonchev–Trinajstić information content (AvgIpc) is 3.26. The first-order valence-electron chi connectivity index (χ1n) is 12.0. The maximum atomic E-state index is 12.1. The molecular formula is C25H36O2. The van der Waals surface area contributed by atoms with Gasteiger partial charge in [-0.1, -0.05) is 25.8 Å². The molecule has 0 aromatic carbocycles. The molecule has 4 saturated carbocycles. The van der Waals surface area contributed by atoms with Crippen molar-refractivity contribution in [2.45, 2.75) is 83.7 Å². The Labute approximate surface area is 164 Å². The molecular weight excluding hydrogens is 332 g/mol. The van der Waals surface area contributed by atoms with Crippen molar-refractivity contribution in [2.75, 3.05) is 6.61 Å². The third kappa shape index (κ3) is 1.99. The summed E-state index contributed by atoms with van der Waals surface area (Å²) in [6, 6.07) is 0. The summed E-state index contributed by atoms with van der Waals surface area (Å²) in [6.07, 6.45) is 14.7. The van der Waals surface area contributed by atoms with Crippen LogP contribution in [0.25, 0.3) is 0 Å². The summed E-state index contributed by atoms with van der Waals surface area (Å²) < 4.78 is 6.73. The second kappa shape index (κ2) is 5.71. The summed E-state index contributed by atoms with van der Waals surface area (Å²) in [5.74, 6) is 6.43. The van der Waals surface area contributed by atoms with Crippen molar-refractivity contribution in [1.82, 2.24) is 0 Å². The topological polar surface area (TPSA) is 26.3 Å². The second-order valence-electron chi connectivity index (χ2n) is 10.9. The van der Waals surface area contributed by atoms with E-state index in [2.05, 4.69) is 19.9 Å². The molecule has 6 rings (SSSR count). The lowest BCUT2D eigenvalue weighted by molar-refractivity contribution is -0.166. The fraction of sp³-hybridized carbons (Fsp3) is 0.880. The molecule has 1 saturated heterocycles. The zero-order valence-corrected chi connectivity index (χ0v) is 17.2. The van der Waals surface area contributed by atoms with Crippen LogP contribution in [0.15, 0.2) is 11.6 Å². The van der Waals surface area contributed by atoms with E-state index in [1.807, 2.05) is 0 Å². The van der Waals surface area contributed by atoms with Crippen LogP contribution in [0, 0.1) is 46.8 Å². The van der Waals surface area contributed by atoms with E-state index in [-0.39, 0.29) is 5.60 Å². The van der Waals surface area contributed by atoms with Gasteiger partial charge in [0.25, 0.3) is 0 Å². The van der Waals surface area contributed by atoms with Gasteiger partial charge in [0.2, 0.25) is 0 Å². The molecule has 5 fully saturated rings. The van der Waals surface area contributed by atoms with Crippen LogP contribution >= 0.6 is 0 Å². The molecule has 27 heavy (non-hydrogen) atoms. The van der Waals surface area contributed by atoms with Crippen LogP contribution in [-0.2, 0) is 9.53 Å². The minimum atomic E-state index is 0.249. The first-order chi connectivity index (χ1) is 13.1. The van der Waals surface area contributed by atoms with Gasteiger partial charge in [-0.05, 0) is 98.9 Å². The highest BCUT2D eigenvalue weighted by atomic mass is 16.5. The maximum Gasteiger partial charge on any atom is 0.155 e. The maximum absolute atomic E-state index is 12.1. The predicted molar refractivity (Wildman–Crippen MR) is 106 cm³/mol. The molecule has 0 N–H and O–H groups in total. The van der Waals surface area contributed by atoms with E-state index in [0.717, 1.165) is 60.9 Å². The first-order valence-corrected chi connectivity index (χ1v) is 12.0. The van der Waals surface area contributed by atoms with E-state index in [0.29, 0.717) is 11.2 Å².